The number of hydrogen-bond acceptors (Lipinski definition) is 7. The van der Waals surface area contributed by atoms with Gasteiger partial charge in [0.2, 0.25) is 5.91 Å². The third kappa shape index (κ3) is 5.00. The Morgan fingerprint density at radius 3 is 2.44 bits per heavy atom. The average molecular weight is 457 g/mol. The number of thiophene rings is 1. The lowest BCUT2D eigenvalue weighted by atomic mass is 10.0. The summed E-state index contributed by atoms with van der Waals surface area (Å²) in [6.45, 7) is 4.75. The van der Waals surface area contributed by atoms with Crippen LogP contribution in [0.4, 0.5) is 5.00 Å². The summed E-state index contributed by atoms with van der Waals surface area (Å²) in [5.41, 5.74) is 5.02. The van der Waals surface area contributed by atoms with Crippen LogP contribution < -0.4 is 10.1 Å². The molecule has 2 aromatic heterocycles. The van der Waals surface area contributed by atoms with Gasteiger partial charge in [-0.15, -0.1) is 11.3 Å². The molecule has 1 amide bonds. The number of ether oxygens (including phenoxy) is 2. The van der Waals surface area contributed by atoms with E-state index in [-0.39, 0.29) is 12.5 Å². The van der Waals surface area contributed by atoms with Crippen LogP contribution in [0.15, 0.2) is 29.6 Å². The first kappa shape index (κ1) is 23.5. The summed E-state index contributed by atoms with van der Waals surface area (Å²) in [6, 6.07) is 7.38. The number of carbonyl (C=O) groups is 2. The zero-order chi connectivity index (χ0) is 23.4. The van der Waals surface area contributed by atoms with Crippen LogP contribution in [-0.4, -0.2) is 54.4 Å². The standard InChI is InChI=1S/C23H28N4O4S/c1-14-18(15(2)27(4)25-14)11-26(3)12-20(28)24-22-21(23(29)31-6)19(13-32-22)16-7-9-17(30-5)10-8-16/h7-10,13H,11-12H2,1-6H3,(H,24,28). The lowest BCUT2D eigenvalue weighted by Crippen LogP contribution is -2.30. The number of esters is 1. The first-order valence-electron chi connectivity index (χ1n) is 10.1. The van der Waals surface area contributed by atoms with Crippen molar-refractivity contribution < 1.29 is 19.1 Å². The van der Waals surface area contributed by atoms with Gasteiger partial charge in [0.15, 0.2) is 0 Å². The number of amides is 1. The van der Waals surface area contributed by atoms with Crippen molar-refractivity contribution in [1.82, 2.24) is 14.7 Å². The number of benzene rings is 1. The molecule has 0 aliphatic carbocycles. The molecule has 9 heteroatoms. The molecule has 0 radical (unpaired) electrons. The Bertz CT molecular complexity index is 1120. The van der Waals surface area contributed by atoms with Gasteiger partial charge in [-0.25, -0.2) is 4.79 Å². The predicted octanol–water partition coefficient (Wildman–Crippen LogP) is 3.63. The summed E-state index contributed by atoms with van der Waals surface area (Å²) in [6.07, 6.45) is 0. The third-order valence-corrected chi connectivity index (χ3v) is 6.23. The Labute approximate surface area is 191 Å². The van der Waals surface area contributed by atoms with Crippen LogP contribution >= 0.6 is 11.3 Å². The lowest BCUT2D eigenvalue weighted by molar-refractivity contribution is -0.117. The Kier molecular flexibility index (Phi) is 7.32. The van der Waals surface area contributed by atoms with Crippen LogP contribution in [-0.2, 0) is 23.1 Å². The highest BCUT2D eigenvalue weighted by atomic mass is 32.1. The average Bonchev–Trinajstić information content (AvgIpc) is 3.28. The van der Waals surface area contributed by atoms with Crippen LogP contribution in [0, 0.1) is 13.8 Å². The van der Waals surface area contributed by atoms with Crippen molar-refractivity contribution in [3.05, 3.63) is 52.2 Å². The first-order chi connectivity index (χ1) is 15.2. The smallest absolute Gasteiger partial charge is 0.341 e. The lowest BCUT2D eigenvalue weighted by Gasteiger charge is -2.16. The van der Waals surface area contributed by atoms with E-state index in [0.29, 0.717) is 22.7 Å². The quantitative estimate of drug-likeness (QED) is 0.521. The number of nitrogens with one attached hydrogen (secondary N) is 1. The summed E-state index contributed by atoms with van der Waals surface area (Å²) >= 11 is 1.30. The highest BCUT2D eigenvalue weighted by Crippen LogP contribution is 2.36. The van der Waals surface area contributed by atoms with Gasteiger partial charge in [-0.2, -0.15) is 5.10 Å². The van der Waals surface area contributed by atoms with Crippen LogP contribution in [0.1, 0.15) is 27.3 Å². The van der Waals surface area contributed by atoms with E-state index in [2.05, 4.69) is 10.4 Å². The van der Waals surface area contributed by atoms with E-state index in [1.807, 2.05) is 67.2 Å². The van der Waals surface area contributed by atoms with Gasteiger partial charge in [-0.3, -0.25) is 14.4 Å². The molecule has 0 bridgehead atoms. The van der Waals surface area contributed by atoms with Crippen molar-refractivity contribution >= 4 is 28.2 Å². The van der Waals surface area contributed by atoms with E-state index < -0.39 is 5.97 Å². The second kappa shape index (κ2) is 9.97. The maximum absolute atomic E-state index is 12.7. The number of carbonyl (C=O) groups excluding carboxylic acids is 2. The molecule has 0 aliphatic rings. The van der Waals surface area contributed by atoms with E-state index in [1.54, 1.807) is 7.11 Å². The fourth-order valence-corrected chi connectivity index (χ4v) is 4.49. The molecule has 0 aliphatic heterocycles. The number of likely N-dealkylation sites (N-methyl/N-ethyl adjacent to an activating group) is 1. The van der Waals surface area contributed by atoms with Gasteiger partial charge in [0.05, 0.1) is 26.5 Å². The minimum atomic E-state index is -0.498. The highest BCUT2D eigenvalue weighted by molar-refractivity contribution is 7.15. The number of hydrogen-bond donors (Lipinski definition) is 1. The molecule has 170 valence electrons. The van der Waals surface area contributed by atoms with Gasteiger partial charge in [0.1, 0.15) is 16.3 Å². The maximum Gasteiger partial charge on any atom is 0.341 e. The van der Waals surface area contributed by atoms with Crippen molar-refractivity contribution in [1.29, 1.82) is 0 Å². The van der Waals surface area contributed by atoms with E-state index >= 15 is 0 Å². The number of aromatic nitrogens is 2. The molecular weight excluding hydrogens is 428 g/mol. The van der Waals surface area contributed by atoms with Gasteiger partial charge >= 0.3 is 5.97 Å². The normalized spacial score (nSPS) is 11.0. The Balaban J connectivity index is 1.76. The highest BCUT2D eigenvalue weighted by Gasteiger charge is 2.23. The molecule has 0 spiro atoms. The van der Waals surface area contributed by atoms with Gasteiger partial charge in [-0.1, -0.05) is 12.1 Å². The molecule has 0 saturated heterocycles. The van der Waals surface area contributed by atoms with Crippen molar-refractivity contribution in [3.8, 4) is 16.9 Å². The van der Waals surface area contributed by atoms with Crippen LogP contribution in [0.2, 0.25) is 0 Å². The molecule has 1 N–H and O–H groups in total. The Morgan fingerprint density at radius 1 is 1.19 bits per heavy atom. The van der Waals surface area contributed by atoms with Crippen LogP contribution in [0.3, 0.4) is 0 Å². The number of rotatable bonds is 8. The number of nitrogens with zero attached hydrogens (tertiary/aromatic N) is 3. The molecular formula is C23H28N4O4S. The Morgan fingerprint density at radius 2 is 1.88 bits per heavy atom. The van der Waals surface area contributed by atoms with Crippen LogP contribution in [0.25, 0.3) is 11.1 Å². The molecule has 1 aromatic carbocycles. The fourth-order valence-electron chi connectivity index (χ4n) is 3.52. The minimum absolute atomic E-state index is 0.171. The van der Waals surface area contributed by atoms with Crippen molar-refractivity contribution in [2.45, 2.75) is 20.4 Å². The van der Waals surface area contributed by atoms with Crippen molar-refractivity contribution in [2.24, 2.45) is 7.05 Å². The molecule has 2 heterocycles. The van der Waals surface area contributed by atoms with Gasteiger partial charge in [-0.05, 0) is 38.6 Å². The van der Waals surface area contributed by atoms with Crippen molar-refractivity contribution in [2.75, 3.05) is 33.1 Å². The first-order valence-corrected chi connectivity index (χ1v) is 10.9. The number of anilines is 1. The van der Waals surface area contributed by atoms with Gasteiger partial charge < -0.3 is 14.8 Å². The van der Waals surface area contributed by atoms with Gasteiger partial charge in [0, 0.05) is 35.8 Å². The molecule has 0 atom stereocenters. The summed E-state index contributed by atoms with van der Waals surface area (Å²) in [5.74, 6) is 0.0153. The SMILES string of the molecule is COC(=O)c1c(-c2ccc(OC)cc2)csc1NC(=O)CN(C)Cc1c(C)nn(C)c1C. The third-order valence-electron chi connectivity index (χ3n) is 5.33. The van der Waals surface area contributed by atoms with E-state index in [9.17, 15) is 9.59 Å². The molecule has 8 nitrogen and oxygen atoms in total. The zero-order valence-electron chi connectivity index (χ0n) is 19.2. The van der Waals surface area contributed by atoms with Crippen LogP contribution in [0.5, 0.6) is 5.75 Å². The second-order valence-electron chi connectivity index (χ2n) is 7.57. The largest absolute Gasteiger partial charge is 0.497 e. The fraction of sp³-hybridized carbons (Fsp3) is 0.348. The summed E-state index contributed by atoms with van der Waals surface area (Å²) in [7, 11) is 6.71. The van der Waals surface area contributed by atoms with Gasteiger partial charge in [0.25, 0.3) is 0 Å². The van der Waals surface area contributed by atoms with E-state index in [1.165, 1.54) is 18.4 Å². The molecule has 3 rings (SSSR count). The predicted molar refractivity (Wildman–Crippen MR) is 125 cm³/mol. The summed E-state index contributed by atoms with van der Waals surface area (Å²) in [4.78, 5) is 27.2. The molecule has 0 saturated carbocycles. The van der Waals surface area contributed by atoms with Crippen molar-refractivity contribution in [3.63, 3.8) is 0 Å². The number of methoxy groups -OCH3 is 2. The second-order valence-corrected chi connectivity index (χ2v) is 8.45. The van der Waals surface area contributed by atoms with E-state index in [0.717, 1.165) is 28.3 Å². The molecule has 32 heavy (non-hydrogen) atoms. The van der Waals surface area contributed by atoms with E-state index in [4.69, 9.17) is 9.47 Å². The maximum atomic E-state index is 12.7. The Hall–Kier alpha value is -3.17. The molecule has 0 unspecified atom stereocenters. The zero-order valence-corrected chi connectivity index (χ0v) is 20.0. The topological polar surface area (TPSA) is 85.7 Å². The monoisotopic (exact) mass is 456 g/mol. The minimum Gasteiger partial charge on any atom is -0.497 e. The molecule has 3 aromatic rings. The number of aryl methyl sites for hydroxylation is 2. The molecule has 0 fully saturated rings. The summed E-state index contributed by atoms with van der Waals surface area (Å²) < 4.78 is 12.0. The summed E-state index contributed by atoms with van der Waals surface area (Å²) in [5, 5.41) is 9.62.